The molecule has 0 aromatic heterocycles. The molecule has 17 heavy (non-hydrogen) atoms. The molecule has 0 saturated carbocycles. The highest BCUT2D eigenvalue weighted by molar-refractivity contribution is 9.10. The molecule has 0 aliphatic rings. The zero-order chi connectivity index (χ0) is 13.1. The summed E-state index contributed by atoms with van der Waals surface area (Å²) in [6.07, 6.45) is -3.68. The van der Waals surface area contributed by atoms with Crippen molar-refractivity contribution in [2.75, 3.05) is 6.54 Å². The largest absolute Gasteiger partial charge is 0.507 e. The minimum atomic E-state index is -4.03. The normalized spacial score (nSPS) is 12.1. The Morgan fingerprint density at radius 2 is 2.00 bits per heavy atom. The SMILES string of the molecule is Oc1ccc(CNCC(F)(F)C(F)F)cc1Br. The maximum Gasteiger partial charge on any atom is 0.319 e. The molecule has 1 aromatic rings. The van der Waals surface area contributed by atoms with Crippen LogP contribution in [0, 0.1) is 0 Å². The molecular formula is C10H10BrF4NO. The van der Waals surface area contributed by atoms with Gasteiger partial charge >= 0.3 is 12.3 Å². The van der Waals surface area contributed by atoms with Gasteiger partial charge in [0.25, 0.3) is 0 Å². The monoisotopic (exact) mass is 315 g/mol. The summed E-state index contributed by atoms with van der Waals surface area (Å²) in [6, 6.07) is 4.41. The molecular weight excluding hydrogens is 306 g/mol. The Hall–Kier alpha value is -0.820. The molecule has 0 aliphatic carbocycles. The molecule has 0 spiro atoms. The zero-order valence-corrected chi connectivity index (χ0v) is 10.1. The molecule has 0 fully saturated rings. The van der Waals surface area contributed by atoms with E-state index in [4.69, 9.17) is 0 Å². The Bertz CT molecular complexity index is 387. The summed E-state index contributed by atoms with van der Waals surface area (Å²) in [7, 11) is 0. The average Bonchev–Trinajstić information content (AvgIpc) is 2.23. The van der Waals surface area contributed by atoms with Crippen LogP contribution in [-0.2, 0) is 6.54 Å². The fourth-order valence-electron chi connectivity index (χ4n) is 1.11. The van der Waals surface area contributed by atoms with Crippen LogP contribution in [0.1, 0.15) is 5.56 Å². The molecule has 0 heterocycles. The van der Waals surface area contributed by atoms with Gasteiger partial charge in [-0.05, 0) is 33.6 Å². The number of nitrogens with one attached hydrogen (secondary N) is 1. The van der Waals surface area contributed by atoms with E-state index in [1.807, 2.05) is 0 Å². The Labute approximate surface area is 104 Å². The fourth-order valence-corrected chi connectivity index (χ4v) is 1.54. The third-order valence-electron chi connectivity index (χ3n) is 2.02. The van der Waals surface area contributed by atoms with Crippen LogP contribution in [0.2, 0.25) is 0 Å². The van der Waals surface area contributed by atoms with E-state index in [2.05, 4.69) is 21.2 Å². The zero-order valence-electron chi connectivity index (χ0n) is 8.56. The lowest BCUT2D eigenvalue weighted by Crippen LogP contribution is -2.38. The van der Waals surface area contributed by atoms with E-state index in [9.17, 15) is 22.7 Å². The van der Waals surface area contributed by atoms with Crippen LogP contribution in [0.3, 0.4) is 0 Å². The van der Waals surface area contributed by atoms with E-state index < -0.39 is 18.9 Å². The van der Waals surface area contributed by atoms with Gasteiger partial charge in [0.1, 0.15) is 5.75 Å². The standard InChI is InChI=1S/C10H10BrF4NO/c11-7-3-6(1-2-8(7)17)4-16-5-10(14,15)9(12)13/h1-3,9,16-17H,4-5H2. The Morgan fingerprint density at radius 3 is 2.53 bits per heavy atom. The van der Waals surface area contributed by atoms with Gasteiger partial charge in [0.05, 0.1) is 11.0 Å². The van der Waals surface area contributed by atoms with Gasteiger partial charge in [0, 0.05) is 6.54 Å². The maximum atomic E-state index is 12.5. The Morgan fingerprint density at radius 1 is 1.35 bits per heavy atom. The van der Waals surface area contributed by atoms with Crippen LogP contribution in [-0.4, -0.2) is 24.0 Å². The highest BCUT2D eigenvalue weighted by Crippen LogP contribution is 2.25. The smallest absolute Gasteiger partial charge is 0.319 e. The first kappa shape index (κ1) is 14.2. The van der Waals surface area contributed by atoms with Gasteiger partial charge in [0.15, 0.2) is 0 Å². The molecule has 0 aliphatic heterocycles. The summed E-state index contributed by atoms with van der Waals surface area (Å²) in [5.41, 5.74) is 0.597. The number of halogens is 5. The molecule has 0 unspecified atom stereocenters. The van der Waals surface area contributed by atoms with Crippen molar-refractivity contribution in [1.82, 2.24) is 5.32 Å². The third kappa shape index (κ3) is 4.16. The number of benzene rings is 1. The van der Waals surface area contributed by atoms with Crippen LogP contribution < -0.4 is 5.32 Å². The minimum absolute atomic E-state index is 0.0151. The van der Waals surface area contributed by atoms with Gasteiger partial charge in [0.2, 0.25) is 0 Å². The van der Waals surface area contributed by atoms with Crippen molar-refractivity contribution in [3.8, 4) is 5.75 Å². The summed E-state index contributed by atoms with van der Waals surface area (Å²) in [5, 5.41) is 11.4. The Balaban J connectivity index is 2.49. The van der Waals surface area contributed by atoms with Crippen molar-refractivity contribution in [2.24, 2.45) is 0 Å². The molecule has 0 saturated heterocycles. The molecule has 1 aromatic carbocycles. The van der Waals surface area contributed by atoms with Crippen molar-refractivity contribution in [3.63, 3.8) is 0 Å². The summed E-state index contributed by atoms with van der Waals surface area (Å²) in [4.78, 5) is 0. The molecule has 2 N–H and O–H groups in total. The second-order valence-corrected chi connectivity index (χ2v) is 4.31. The lowest BCUT2D eigenvalue weighted by Gasteiger charge is -2.15. The lowest BCUT2D eigenvalue weighted by atomic mass is 10.2. The van der Waals surface area contributed by atoms with E-state index in [1.54, 1.807) is 0 Å². The topological polar surface area (TPSA) is 32.3 Å². The van der Waals surface area contributed by atoms with Gasteiger partial charge in [-0.3, -0.25) is 0 Å². The lowest BCUT2D eigenvalue weighted by molar-refractivity contribution is -0.125. The Kier molecular flexibility index (Phi) is 4.76. The number of aromatic hydroxyl groups is 1. The number of phenols is 1. The number of hydrogen-bond acceptors (Lipinski definition) is 2. The first-order valence-corrected chi connectivity index (χ1v) is 5.46. The molecule has 7 heteroatoms. The quantitative estimate of drug-likeness (QED) is 0.818. The third-order valence-corrected chi connectivity index (χ3v) is 2.66. The molecule has 0 bridgehead atoms. The van der Waals surface area contributed by atoms with Gasteiger partial charge in [-0.2, -0.15) is 8.78 Å². The first-order chi connectivity index (χ1) is 7.83. The summed E-state index contributed by atoms with van der Waals surface area (Å²) in [5.74, 6) is -4.01. The first-order valence-electron chi connectivity index (χ1n) is 4.67. The average molecular weight is 316 g/mol. The highest BCUT2D eigenvalue weighted by atomic mass is 79.9. The highest BCUT2D eigenvalue weighted by Gasteiger charge is 2.39. The maximum absolute atomic E-state index is 12.5. The van der Waals surface area contributed by atoms with Crippen LogP contribution in [0.25, 0.3) is 0 Å². The molecule has 0 atom stereocenters. The predicted molar refractivity (Wildman–Crippen MR) is 58.5 cm³/mol. The van der Waals surface area contributed by atoms with Crippen LogP contribution in [0.5, 0.6) is 5.75 Å². The second kappa shape index (κ2) is 5.68. The number of hydrogen-bond donors (Lipinski definition) is 2. The summed E-state index contributed by atoms with van der Waals surface area (Å²) in [6.45, 7) is -1.08. The van der Waals surface area contributed by atoms with Crippen molar-refractivity contribution in [2.45, 2.75) is 18.9 Å². The summed E-state index contributed by atoms with van der Waals surface area (Å²) >= 11 is 3.05. The van der Waals surface area contributed by atoms with E-state index in [0.29, 0.717) is 10.0 Å². The van der Waals surface area contributed by atoms with Crippen molar-refractivity contribution >= 4 is 15.9 Å². The van der Waals surface area contributed by atoms with Crippen LogP contribution in [0.15, 0.2) is 22.7 Å². The molecule has 96 valence electrons. The number of alkyl halides is 4. The van der Waals surface area contributed by atoms with Crippen molar-refractivity contribution in [1.29, 1.82) is 0 Å². The van der Waals surface area contributed by atoms with Gasteiger partial charge < -0.3 is 10.4 Å². The predicted octanol–water partition coefficient (Wildman–Crippen LogP) is 3.14. The van der Waals surface area contributed by atoms with Crippen LogP contribution in [0.4, 0.5) is 17.6 Å². The molecule has 1 rings (SSSR count). The number of phenolic OH excluding ortho intramolecular Hbond substituents is 1. The fraction of sp³-hybridized carbons (Fsp3) is 0.400. The van der Waals surface area contributed by atoms with E-state index in [1.165, 1.54) is 18.2 Å². The molecule has 2 nitrogen and oxygen atoms in total. The van der Waals surface area contributed by atoms with Gasteiger partial charge in [-0.25, -0.2) is 8.78 Å². The second-order valence-electron chi connectivity index (χ2n) is 3.45. The van der Waals surface area contributed by atoms with E-state index >= 15 is 0 Å². The van der Waals surface area contributed by atoms with Crippen LogP contribution >= 0.6 is 15.9 Å². The summed E-state index contributed by atoms with van der Waals surface area (Å²) < 4.78 is 49.1. The van der Waals surface area contributed by atoms with Crippen molar-refractivity contribution in [3.05, 3.63) is 28.2 Å². The van der Waals surface area contributed by atoms with E-state index in [0.717, 1.165) is 0 Å². The van der Waals surface area contributed by atoms with E-state index in [-0.39, 0.29) is 12.3 Å². The minimum Gasteiger partial charge on any atom is -0.507 e. The van der Waals surface area contributed by atoms with Gasteiger partial charge in [-0.1, -0.05) is 6.07 Å². The van der Waals surface area contributed by atoms with Crippen molar-refractivity contribution < 1.29 is 22.7 Å². The van der Waals surface area contributed by atoms with Gasteiger partial charge in [-0.15, -0.1) is 0 Å². The molecule has 0 radical (unpaired) electrons. The number of rotatable bonds is 5. The molecule has 0 amide bonds.